The zero-order chi connectivity index (χ0) is 13.5. The second-order valence-electron chi connectivity index (χ2n) is 4.72. The first-order chi connectivity index (χ1) is 8.52. The molecule has 0 heterocycles. The van der Waals surface area contributed by atoms with Crippen molar-refractivity contribution in [3.05, 3.63) is 29.8 Å². The van der Waals surface area contributed by atoms with Crippen LogP contribution < -0.4 is 10.1 Å². The van der Waals surface area contributed by atoms with Gasteiger partial charge in [0.25, 0.3) is 0 Å². The Kier molecular flexibility index (Phi) is 6.05. The van der Waals surface area contributed by atoms with Crippen LogP contribution in [0.4, 0.5) is 8.78 Å². The largest absolute Gasteiger partial charge is 0.492 e. The predicted molar refractivity (Wildman–Crippen MR) is 68.8 cm³/mol. The minimum atomic E-state index is -0.618. The summed E-state index contributed by atoms with van der Waals surface area (Å²) in [4.78, 5) is 0. The molecular weight excluding hydrogens is 236 g/mol. The van der Waals surface area contributed by atoms with Crippen LogP contribution in [0.5, 0.6) is 5.75 Å². The van der Waals surface area contributed by atoms with Gasteiger partial charge in [0.15, 0.2) is 0 Å². The fraction of sp³-hybridized carbons (Fsp3) is 0.571. The number of ether oxygens (including phenoxy) is 1. The summed E-state index contributed by atoms with van der Waals surface area (Å²) in [7, 11) is 0. The highest BCUT2D eigenvalue weighted by Gasteiger charge is 2.13. The lowest BCUT2D eigenvalue weighted by Crippen LogP contribution is -2.39. The number of rotatable bonds is 7. The summed E-state index contributed by atoms with van der Waals surface area (Å²) in [5.74, 6) is -0.605. The molecule has 0 spiro atoms. The molecule has 0 aliphatic rings. The molecule has 102 valence electrons. The van der Waals surface area contributed by atoms with Gasteiger partial charge in [-0.1, -0.05) is 20.8 Å². The van der Waals surface area contributed by atoms with Crippen molar-refractivity contribution < 1.29 is 13.5 Å². The molecule has 0 aliphatic heterocycles. The van der Waals surface area contributed by atoms with Crippen molar-refractivity contribution in [3.8, 4) is 5.75 Å². The molecule has 0 aliphatic carbocycles. The summed E-state index contributed by atoms with van der Waals surface area (Å²) >= 11 is 0. The SMILES string of the molecule is CCCNC(COc1cc(F)cc(F)c1)C(C)C. The van der Waals surface area contributed by atoms with E-state index in [0.29, 0.717) is 12.5 Å². The molecule has 0 saturated carbocycles. The predicted octanol–water partition coefficient (Wildman–Crippen LogP) is 3.37. The molecule has 0 amide bonds. The Morgan fingerprint density at radius 3 is 2.28 bits per heavy atom. The molecule has 0 fully saturated rings. The summed E-state index contributed by atoms with van der Waals surface area (Å²) in [6, 6.07) is 3.40. The van der Waals surface area contributed by atoms with E-state index in [9.17, 15) is 8.78 Å². The summed E-state index contributed by atoms with van der Waals surface area (Å²) < 4.78 is 31.4. The van der Waals surface area contributed by atoms with Gasteiger partial charge < -0.3 is 10.1 Å². The summed E-state index contributed by atoms with van der Waals surface area (Å²) in [6.07, 6.45) is 1.04. The third-order valence-corrected chi connectivity index (χ3v) is 2.73. The third-order valence-electron chi connectivity index (χ3n) is 2.73. The van der Waals surface area contributed by atoms with Crippen molar-refractivity contribution in [2.75, 3.05) is 13.2 Å². The van der Waals surface area contributed by atoms with Crippen molar-refractivity contribution in [3.63, 3.8) is 0 Å². The van der Waals surface area contributed by atoms with Crippen LogP contribution in [0.1, 0.15) is 27.2 Å². The second-order valence-corrected chi connectivity index (χ2v) is 4.72. The Morgan fingerprint density at radius 1 is 1.17 bits per heavy atom. The fourth-order valence-electron chi connectivity index (χ4n) is 1.61. The summed E-state index contributed by atoms with van der Waals surface area (Å²) in [6.45, 7) is 7.57. The number of halogens is 2. The molecule has 0 radical (unpaired) electrons. The van der Waals surface area contributed by atoms with Gasteiger partial charge in [0.05, 0.1) is 0 Å². The first-order valence-electron chi connectivity index (χ1n) is 6.35. The molecule has 1 N–H and O–H groups in total. The summed E-state index contributed by atoms with van der Waals surface area (Å²) in [5.41, 5.74) is 0. The van der Waals surface area contributed by atoms with E-state index in [1.54, 1.807) is 0 Å². The minimum Gasteiger partial charge on any atom is -0.492 e. The Bertz CT molecular complexity index is 349. The highest BCUT2D eigenvalue weighted by molar-refractivity contribution is 5.23. The highest BCUT2D eigenvalue weighted by atomic mass is 19.1. The van der Waals surface area contributed by atoms with E-state index in [4.69, 9.17) is 4.74 Å². The number of nitrogens with one attached hydrogen (secondary N) is 1. The van der Waals surface area contributed by atoms with E-state index in [1.807, 2.05) is 0 Å². The van der Waals surface area contributed by atoms with E-state index < -0.39 is 11.6 Å². The maximum absolute atomic E-state index is 13.0. The average molecular weight is 257 g/mol. The van der Waals surface area contributed by atoms with Gasteiger partial charge in [0.1, 0.15) is 24.0 Å². The van der Waals surface area contributed by atoms with E-state index in [1.165, 1.54) is 12.1 Å². The van der Waals surface area contributed by atoms with Crippen LogP contribution in [0, 0.1) is 17.6 Å². The molecule has 0 aromatic heterocycles. The molecule has 1 unspecified atom stereocenters. The lowest BCUT2D eigenvalue weighted by Gasteiger charge is -2.22. The maximum atomic E-state index is 13.0. The lowest BCUT2D eigenvalue weighted by molar-refractivity contribution is 0.229. The van der Waals surface area contributed by atoms with Crippen LogP contribution in [-0.2, 0) is 0 Å². The molecule has 1 aromatic rings. The number of hydrogen-bond donors (Lipinski definition) is 1. The van der Waals surface area contributed by atoms with Gasteiger partial charge in [-0.15, -0.1) is 0 Å². The third kappa shape index (κ3) is 5.00. The standard InChI is InChI=1S/C14H21F2NO/c1-4-5-17-14(10(2)3)9-18-13-7-11(15)6-12(16)8-13/h6-8,10,14,17H,4-5,9H2,1-3H3. The van der Waals surface area contributed by atoms with Crippen LogP contribution in [0.3, 0.4) is 0 Å². The van der Waals surface area contributed by atoms with Crippen molar-refractivity contribution in [1.29, 1.82) is 0 Å². The summed E-state index contributed by atoms with van der Waals surface area (Å²) in [5, 5.41) is 3.36. The zero-order valence-corrected chi connectivity index (χ0v) is 11.2. The fourth-order valence-corrected chi connectivity index (χ4v) is 1.61. The monoisotopic (exact) mass is 257 g/mol. The van der Waals surface area contributed by atoms with Gasteiger partial charge in [-0.2, -0.15) is 0 Å². The van der Waals surface area contributed by atoms with Gasteiger partial charge in [-0.3, -0.25) is 0 Å². The molecular formula is C14H21F2NO. The molecule has 2 nitrogen and oxygen atoms in total. The normalized spacial score (nSPS) is 12.8. The van der Waals surface area contributed by atoms with E-state index in [2.05, 4.69) is 26.1 Å². The Hall–Kier alpha value is -1.16. The number of benzene rings is 1. The molecule has 1 atom stereocenters. The second kappa shape index (κ2) is 7.31. The highest BCUT2D eigenvalue weighted by Crippen LogP contribution is 2.16. The lowest BCUT2D eigenvalue weighted by atomic mass is 10.1. The van der Waals surface area contributed by atoms with Crippen molar-refractivity contribution >= 4 is 0 Å². The Balaban J connectivity index is 2.55. The average Bonchev–Trinajstić information content (AvgIpc) is 2.27. The van der Waals surface area contributed by atoms with Crippen molar-refractivity contribution in [2.45, 2.75) is 33.2 Å². The minimum absolute atomic E-state index is 0.177. The van der Waals surface area contributed by atoms with Crippen LogP contribution >= 0.6 is 0 Å². The van der Waals surface area contributed by atoms with E-state index in [-0.39, 0.29) is 11.8 Å². The first kappa shape index (κ1) is 14.9. The Labute approximate surface area is 107 Å². The van der Waals surface area contributed by atoms with Crippen LogP contribution in [0.25, 0.3) is 0 Å². The molecule has 0 bridgehead atoms. The van der Waals surface area contributed by atoms with Crippen molar-refractivity contribution in [2.24, 2.45) is 5.92 Å². The van der Waals surface area contributed by atoms with Gasteiger partial charge >= 0.3 is 0 Å². The van der Waals surface area contributed by atoms with Crippen molar-refractivity contribution in [1.82, 2.24) is 5.32 Å². The van der Waals surface area contributed by atoms with Crippen LogP contribution in [0.15, 0.2) is 18.2 Å². The molecule has 1 rings (SSSR count). The smallest absolute Gasteiger partial charge is 0.129 e. The molecule has 0 saturated heterocycles. The van der Waals surface area contributed by atoms with Crippen LogP contribution in [0.2, 0.25) is 0 Å². The van der Waals surface area contributed by atoms with Crippen LogP contribution in [-0.4, -0.2) is 19.2 Å². The Morgan fingerprint density at radius 2 is 1.78 bits per heavy atom. The molecule has 4 heteroatoms. The number of hydrogen-bond acceptors (Lipinski definition) is 2. The van der Waals surface area contributed by atoms with Gasteiger partial charge in [0, 0.05) is 24.2 Å². The van der Waals surface area contributed by atoms with Gasteiger partial charge in [0.2, 0.25) is 0 Å². The maximum Gasteiger partial charge on any atom is 0.129 e. The topological polar surface area (TPSA) is 21.3 Å². The van der Waals surface area contributed by atoms with E-state index >= 15 is 0 Å². The quantitative estimate of drug-likeness (QED) is 0.808. The van der Waals surface area contributed by atoms with Gasteiger partial charge in [-0.25, -0.2) is 8.78 Å². The van der Waals surface area contributed by atoms with Gasteiger partial charge in [-0.05, 0) is 18.9 Å². The first-order valence-corrected chi connectivity index (χ1v) is 6.35. The van der Waals surface area contributed by atoms with E-state index in [0.717, 1.165) is 19.0 Å². The zero-order valence-electron chi connectivity index (χ0n) is 11.2. The molecule has 1 aromatic carbocycles. The molecule has 18 heavy (non-hydrogen) atoms.